The SMILES string of the molecule is Nc1nonc1C(=O)NCCNC(=O)Nc1cccc(Cl)c1. The van der Waals surface area contributed by atoms with Crippen LogP contribution in [-0.4, -0.2) is 35.3 Å². The highest BCUT2D eigenvalue weighted by Crippen LogP contribution is 2.14. The van der Waals surface area contributed by atoms with Gasteiger partial charge in [0.15, 0.2) is 0 Å². The van der Waals surface area contributed by atoms with Gasteiger partial charge in [-0.05, 0) is 28.5 Å². The van der Waals surface area contributed by atoms with Crippen molar-refractivity contribution < 1.29 is 14.2 Å². The number of hydrogen-bond donors (Lipinski definition) is 4. The van der Waals surface area contributed by atoms with Crippen molar-refractivity contribution in [3.8, 4) is 0 Å². The maximum Gasteiger partial charge on any atom is 0.319 e. The number of nitrogens with zero attached hydrogens (tertiary/aromatic N) is 2. The Labute approximate surface area is 130 Å². The largest absolute Gasteiger partial charge is 0.379 e. The summed E-state index contributed by atoms with van der Waals surface area (Å²) in [5.74, 6) is -0.625. The zero-order valence-corrected chi connectivity index (χ0v) is 12.1. The average molecular weight is 325 g/mol. The van der Waals surface area contributed by atoms with Gasteiger partial charge in [-0.2, -0.15) is 0 Å². The van der Waals surface area contributed by atoms with Crippen molar-refractivity contribution in [3.05, 3.63) is 35.0 Å². The van der Waals surface area contributed by atoms with Gasteiger partial charge < -0.3 is 21.7 Å². The molecule has 0 aliphatic heterocycles. The molecule has 10 heteroatoms. The smallest absolute Gasteiger partial charge is 0.319 e. The zero-order chi connectivity index (χ0) is 15.9. The number of carbonyl (C=O) groups excluding carboxylic acids is 2. The van der Waals surface area contributed by atoms with Crippen LogP contribution in [0.2, 0.25) is 5.02 Å². The Bertz CT molecular complexity index is 674. The molecule has 2 aromatic rings. The molecule has 0 saturated heterocycles. The second kappa shape index (κ2) is 7.27. The first-order valence-electron chi connectivity index (χ1n) is 6.23. The number of anilines is 2. The summed E-state index contributed by atoms with van der Waals surface area (Å²) in [5, 5.41) is 14.8. The summed E-state index contributed by atoms with van der Waals surface area (Å²) in [6, 6.07) is 6.31. The van der Waals surface area contributed by atoms with Crippen LogP contribution in [0.1, 0.15) is 10.5 Å². The Morgan fingerprint density at radius 1 is 1.23 bits per heavy atom. The summed E-state index contributed by atoms with van der Waals surface area (Å²) < 4.78 is 4.31. The minimum atomic E-state index is -0.532. The first-order chi connectivity index (χ1) is 10.6. The third kappa shape index (κ3) is 4.35. The number of halogens is 1. The van der Waals surface area contributed by atoms with Crippen LogP contribution in [-0.2, 0) is 0 Å². The quantitative estimate of drug-likeness (QED) is 0.602. The maximum atomic E-state index is 11.6. The number of amides is 3. The van der Waals surface area contributed by atoms with Gasteiger partial charge in [-0.1, -0.05) is 17.7 Å². The molecule has 0 saturated carbocycles. The number of carbonyl (C=O) groups is 2. The van der Waals surface area contributed by atoms with Crippen LogP contribution < -0.4 is 21.7 Å². The fourth-order valence-electron chi connectivity index (χ4n) is 1.53. The number of rotatable bonds is 5. The molecule has 0 unspecified atom stereocenters. The summed E-state index contributed by atoms with van der Waals surface area (Å²) in [6.45, 7) is 0.400. The Morgan fingerprint density at radius 2 is 2.00 bits per heavy atom. The van der Waals surface area contributed by atoms with E-state index in [2.05, 4.69) is 30.9 Å². The summed E-state index contributed by atoms with van der Waals surface area (Å²) in [7, 11) is 0. The Hall–Kier alpha value is -2.81. The molecule has 2 rings (SSSR count). The molecule has 0 aliphatic rings. The van der Waals surface area contributed by atoms with E-state index >= 15 is 0 Å². The molecule has 116 valence electrons. The second-order valence-electron chi connectivity index (χ2n) is 4.15. The predicted molar refractivity (Wildman–Crippen MR) is 79.5 cm³/mol. The highest BCUT2D eigenvalue weighted by molar-refractivity contribution is 6.30. The minimum absolute atomic E-state index is 0.0934. The Balaban J connectivity index is 1.69. The fourth-order valence-corrected chi connectivity index (χ4v) is 1.72. The number of nitrogen functional groups attached to an aromatic ring is 1. The van der Waals surface area contributed by atoms with Crippen molar-refractivity contribution in [1.29, 1.82) is 0 Å². The van der Waals surface area contributed by atoms with Gasteiger partial charge in [0.2, 0.25) is 11.5 Å². The van der Waals surface area contributed by atoms with E-state index in [1.165, 1.54) is 0 Å². The van der Waals surface area contributed by atoms with Gasteiger partial charge in [-0.15, -0.1) is 0 Å². The van der Waals surface area contributed by atoms with Crippen LogP contribution in [0.3, 0.4) is 0 Å². The zero-order valence-electron chi connectivity index (χ0n) is 11.3. The standard InChI is InChI=1S/C12H13ClN6O3/c13-7-2-1-3-8(6-7)17-12(21)16-5-4-15-11(20)9-10(14)19-22-18-9/h1-3,6H,4-5H2,(H2,14,19)(H,15,20)(H2,16,17,21). The lowest BCUT2D eigenvalue weighted by Gasteiger charge is -2.08. The number of nitrogens with one attached hydrogen (secondary N) is 3. The Morgan fingerprint density at radius 3 is 2.68 bits per heavy atom. The van der Waals surface area contributed by atoms with E-state index in [-0.39, 0.29) is 24.6 Å². The lowest BCUT2D eigenvalue weighted by atomic mass is 10.3. The first-order valence-corrected chi connectivity index (χ1v) is 6.60. The van der Waals surface area contributed by atoms with Gasteiger partial charge in [0.1, 0.15) is 0 Å². The van der Waals surface area contributed by atoms with Gasteiger partial charge >= 0.3 is 6.03 Å². The van der Waals surface area contributed by atoms with Crippen LogP contribution in [0.25, 0.3) is 0 Å². The molecule has 0 atom stereocenters. The van der Waals surface area contributed by atoms with Crippen LogP contribution in [0, 0.1) is 0 Å². The number of hydrogen-bond acceptors (Lipinski definition) is 6. The molecule has 0 bridgehead atoms. The topological polar surface area (TPSA) is 135 Å². The molecule has 1 aromatic heterocycles. The van der Waals surface area contributed by atoms with Gasteiger partial charge in [0.25, 0.3) is 5.91 Å². The molecule has 3 amide bonds. The summed E-state index contributed by atoms with van der Waals surface area (Å²) in [4.78, 5) is 23.2. The number of benzene rings is 1. The first kappa shape index (κ1) is 15.6. The summed E-state index contributed by atoms with van der Waals surface area (Å²) >= 11 is 5.80. The molecular formula is C12H13ClN6O3. The van der Waals surface area contributed by atoms with Crippen LogP contribution in [0.5, 0.6) is 0 Å². The van der Waals surface area contributed by atoms with Crippen molar-refractivity contribution in [3.63, 3.8) is 0 Å². The van der Waals surface area contributed by atoms with Crippen LogP contribution in [0.4, 0.5) is 16.3 Å². The van der Waals surface area contributed by atoms with Crippen LogP contribution in [0.15, 0.2) is 28.9 Å². The molecule has 0 aliphatic carbocycles. The number of aromatic nitrogens is 2. The Kier molecular flexibility index (Phi) is 5.15. The molecule has 1 heterocycles. The van der Waals surface area contributed by atoms with E-state index in [0.29, 0.717) is 10.7 Å². The fraction of sp³-hybridized carbons (Fsp3) is 0.167. The van der Waals surface area contributed by atoms with E-state index in [1.807, 2.05) is 0 Å². The number of nitrogens with two attached hydrogens (primary N) is 1. The van der Waals surface area contributed by atoms with Gasteiger partial charge in [0.05, 0.1) is 0 Å². The molecule has 0 fully saturated rings. The number of urea groups is 1. The molecule has 0 spiro atoms. The summed E-state index contributed by atoms with van der Waals surface area (Å²) in [5.41, 5.74) is 5.84. The summed E-state index contributed by atoms with van der Waals surface area (Å²) in [6.07, 6.45) is 0. The van der Waals surface area contributed by atoms with E-state index in [1.54, 1.807) is 24.3 Å². The van der Waals surface area contributed by atoms with E-state index in [0.717, 1.165) is 0 Å². The molecule has 0 radical (unpaired) electrons. The van der Waals surface area contributed by atoms with Crippen molar-refractivity contribution in [2.24, 2.45) is 0 Å². The molecule has 5 N–H and O–H groups in total. The highest BCUT2D eigenvalue weighted by atomic mass is 35.5. The minimum Gasteiger partial charge on any atom is -0.379 e. The molecular weight excluding hydrogens is 312 g/mol. The van der Waals surface area contributed by atoms with Gasteiger partial charge in [-0.25, -0.2) is 9.42 Å². The monoisotopic (exact) mass is 324 g/mol. The van der Waals surface area contributed by atoms with Gasteiger partial charge in [0, 0.05) is 23.8 Å². The maximum absolute atomic E-state index is 11.6. The lowest BCUT2D eigenvalue weighted by molar-refractivity contribution is 0.0944. The van der Waals surface area contributed by atoms with E-state index in [4.69, 9.17) is 17.3 Å². The van der Waals surface area contributed by atoms with Crippen LogP contribution >= 0.6 is 11.6 Å². The van der Waals surface area contributed by atoms with Crippen molar-refractivity contribution in [2.45, 2.75) is 0 Å². The highest BCUT2D eigenvalue weighted by Gasteiger charge is 2.15. The second-order valence-corrected chi connectivity index (χ2v) is 4.58. The van der Waals surface area contributed by atoms with Crippen molar-refractivity contribution >= 4 is 35.0 Å². The molecule has 1 aromatic carbocycles. The van der Waals surface area contributed by atoms with Gasteiger partial charge in [-0.3, -0.25) is 4.79 Å². The normalized spacial score (nSPS) is 10.0. The average Bonchev–Trinajstić information content (AvgIpc) is 2.89. The van der Waals surface area contributed by atoms with Crippen molar-refractivity contribution in [2.75, 3.05) is 24.1 Å². The third-order valence-electron chi connectivity index (χ3n) is 2.51. The third-order valence-corrected chi connectivity index (χ3v) is 2.74. The van der Waals surface area contributed by atoms with Crippen molar-refractivity contribution in [1.82, 2.24) is 20.9 Å². The van der Waals surface area contributed by atoms with E-state index in [9.17, 15) is 9.59 Å². The predicted octanol–water partition coefficient (Wildman–Crippen LogP) is 0.857. The lowest BCUT2D eigenvalue weighted by Crippen LogP contribution is -2.37. The molecule has 22 heavy (non-hydrogen) atoms. The molecule has 9 nitrogen and oxygen atoms in total. The van der Waals surface area contributed by atoms with E-state index < -0.39 is 11.9 Å².